The zero-order valence-corrected chi connectivity index (χ0v) is 23.0. The van der Waals surface area contributed by atoms with Gasteiger partial charge in [0.25, 0.3) is 5.91 Å². The van der Waals surface area contributed by atoms with Crippen LogP contribution < -0.4 is 11.1 Å². The molecular formula is C25H24ClFIN5O5. The van der Waals surface area contributed by atoms with Gasteiger partial charge in [-0.1, -0.05) is 17.7 Å². The number of nitrogens with one attached hydrogen (secondary N) is 1. The van der Waals surface area contributed by atoms with E-state index in [-0.39, 0.29) is 33.4 Å². The highest BCUT2D eigenvalue weighted by Crippen LogP contribution is 2.57. The van der Waals surface area contributed by atoms with Crippen LogP contribution >= 0.6 is 34.6 Å². The third kappa shape index (κ3) is 4.73. The second-order valence-electron chi connectivity index (χ2n) is 10.1. The number of hydrogen-bond donors (Lipinski definition) is 3. The lowest BCUT2D eigenvalue weighted by Crippen LogP contribution is -2.50. The topological polar surface area (TPSA) is 149 Å². The van der Waals surface area contributed by atoms with Gasteiger partial charge in [-0.05, 0) is 61.6 Å². The van der Waals surface area contributed by atoms with Crippen LogP contribution in [0.1, 0.15) is 76.8 Å². The number of carboxylic acid groups (broad SMARTS) is 1. The van der Waals surface area contributed by atoms with Crippen molar-refractivity contribution < 1.29 is 26.9 Å². The fourth-order valence-electron chi connectivity index (χ4n) is 5.57. The average Bonchev–Trinajstić information content (AvgIpc) is 3.37. The molecule has 3 aliphatic rings. The quantitative estimate of drug-likeness (QED) is 0.320. The molecule has 1 aromatic carbocycles. The van der Waals surface area contributed by atoms with E-state index < -0.39 is 29.2 Å². The molecule has 3 aliphatic carbocycles. The number of rotatable bonds is 7. The summed E-state index contributed by atoms with van der Waals surface area (Å²) in [6.45, 7) is 0.384. The van der Waals surface area contributed by atoms with E-state index in [9.17, 15) is 23.9 Å². The number of aromatic nitrogens is 3. The zero-order valence-electron chi connectivity index (χ0n) is 20.0. The lowest BCUT2D eigenvalue weighted by atomic mass is 9.53. The van der Waals surface area contributed by atoms with Gasteiger partial charge in [0, 0.05) is 18.7 Å². The normalized spacial score (nSPS) is 23.3. The van der Waals surface area contributed by atoms with Crippen LogP contribution in [0, 0.1) is 16.6 Å². The summed E-state index contributed by atoms with van der Waals surface area (Å²) in [5.74, 6) is -2.56. The maximum Gasteiger partial charge on any atom is 0.354 e. The van der Waals surface area contributed by atoms with Crippen molar-refractivity contribution in [3.8, 4) is 0 Å². The number of benzene rings is 1. The van der Waals surface area contributed by atoms with E-state index in [4.69, 9.17) is 20.4 Å². The minimum atomic E-state index is -1.30. The molecule has 1 unspecified atom stereocenters. The molecule has 200 valence electrons. The number of nitrogens with two attached hydrogens (primary N) is 1. The molecule has 6 rings (SSSR count). The Morgan fingerprint density at radius 3 is 2.47 bits per heavy atom. The molecule has 4 N–H and O–H groups in total. The van der Waals surface area contributed by atoms with Crippen LogP contribution in [0.25, 0.3) is 5.65 Å². The molecule has 10 nitrogen and oxygen atoms in total. The Morgan fingerprint density at radius 1 is 1.18 bits per heavy atom. The first-order valence-electron chi connectivity index (χ1n) is 12.0. The van der Waals surface area contributed by atoms with Gasteiger partial charge in [-0.3, -0.25) is 9.59 Å². The fourth-order valence-corrected chi connectivity index (χ4v) is 6.22. The van der Waals surface area contributed by atoms with Crippen molar-refractivity contribution in [1.82, 2.24) is 19.9 Å². The van der Waals surface area contributed by atoms with Crippen molar-refractivity contribution in [1.29, 1.82) is 0 Å². The van der Waals surface area contributed by atoms with Crippen molar-refractivity contribution >= 4 is 58.1 Å². The highest BCUT2D eigenvalue weighted by molar-refractivity contribution is 14.1. The van der Waals surface area contributed by atoms with Crippen molar-refractivity contribution in [3.63, 3.8) is 0 Å². The van der Waals surface area contributed by atoms with Crippen LogP contribution in [-0.2, 0) is 7.86 Å². The molecule has 2 heterocycles. The van der Waals surface area contributed by atoms with E-state index in [1.54, 1.807) is 23.0 Å². The van der Waals surface area contributed by atoms with Gasteiger partial charge in [0.1, 0.15) is 11.5 Å². The fraction of sp³-hybridized carbons (Fsp3) is 0.400. The monoisotopic (exact) mass is 655 g/mol. The van der Waals surface area contributed by atoms with Crippen molar-refractivity contribution in [3.05, 3.63) is 63.8 Å². The summed E-state index contributed by atoms with van der Waals surface area (Å²) < 4.78 is 19.8. The molecule has 0 radical (unpaired) electrons. The van der Waals surface area contributed by atoms with E-state index in [1.807, 2.05) is 0 Å². The number of carboxylic acids is 1. The zero-order chi connectivity index (χ0) is 27.2. The van der Waals surface area contributed by atoms with Crippen molar-refractivity contribution in [2.75, 3.05) is 6.54 Å². The molecule has 3 aromatic rings. The first kappa shape index (κ1) is 26.8. The molecule has 1 amide bonds. The number of carbonyl (C=O) groups excluding carboxylic acids is 2. The average molecular weight is 656 g/mol. The summed E-state index contributed by atoms with van der Waals surface area (Å²) in [5, 5.41) is 16.9. The number of nitrogens with zero attached hydrogens (tertiary/aromatic N) is 3. The lowest BCUT2D eigenvalue weighted by molar-refractivity contribution is -0.152. The Morgan fingerprint density at radius 2 is 1.87 bits per heavy atom. The van der Waals surface area contributed by atoms with Crippen LogP contribution in [0.5, 0.6) is 0 Å². The van der Waals surface area contributed by atoms with Gasteiger partial charge in [0.15, 0.2) is 34.3 Å². The van der Waals surface area contributed by atoms with Gasteiger partial charge in [-0.2, -0.15) is 5.10 Å². The second-order valence-corrected chi connectivity index (χ2v) is 11.0. The lowest BCUT2D eigenvalue weighted by Gasteiger charge is -2.51. The number of halogens is 3. The minimum Gasteiger partial charge on any atom is -0.477 e. The Hall–Kier alpha value is -2.84. The summed E-state index contributed by atoms with van der Waals surface area (Å²) in [7, 11) is 0. The van der Waals surface area contributed by atoms with E-state index in [0.29, 0.717) is 37.1 Å². The summed E-state index contributed by atoms with van der Waals surface area (Å²) in [4.78, 5) is 41.5. The Bertz CT molecular complexity index is 1440. The minimum absolute atomic E-state index is 0.00570. The Balaban J connectivity index is 1.40. The van der Waals surface area contributed by atoms with E-state index in [1.165, 1.54) is 34.8 Å². The molecular weight excluding hydrogens is 632 g/mol. The van der Waals surface area contributed by atoms with Gasteiger partial charge in [-0.25, -0.2) is 18.7 Å². The smallest absolute Gasteiger partial charge is 0.354 e. The van der Waals surface area contributed by atoms with E-state index in [2.05, 4.69) is 15.4 Å². The second kappa shape index (κ2) is 10.0. The molecule has 13 heteroatoms. The highest BCUT2D eigenvalue weighted by atomic mass is 127. The van der Waals surface area contributed by atoms with Crippen molar-refractivity contribution in [2.45, 2.75) is 44.6 Å². The molecule has 38 heavy (non-hydrogen) atoms. The van der Waals surface area contributed by atoms with Gasteiger partial charge in [0.05, 0.1) is 22.2 Å². The molecule has 3 fully saturated rings. The molecule has 3 saturated carbocycles. The van der Waals surface area contributed by atoms with Crippen LogP contribution in [0.2, 0.25) is 5.02 Å². The predicted octanol–water partition coefficient (Wildman–Crippen LogP) is 4.23. The number of carbonyl (C=O) groups is 3. The summed E-state index contributed by atoms with van der Waals surface area (Å²) >= 11 is 7.53. The standard InChI is InChI=1S/C25H24ClFIN5O5/c26-14-9-13(1-2-15(14)27)20(29)16-11-19-31-17(22(35)36)10-18(33(19)32-16)21(34)30-12-24-3-6-25(7-4-24,8-5-24)23(37)38-28/h1-2,9-11,20H,3-8,12,29H2,(H,30,34)(H,35,36). The highest BCUT2D eigenvalue weighted by Gasteiger charge is 2.53. The van der Waals surface area contributed by atoms with Crippen LogP contribution in [0.15, 0.2) is 30.3 Å². The van der Waals surface area contributed by atoms with Gasteiger partial charge in [-0.15, -0.1) is 0 Å². The van der Waals surface area contributed by atoms with Gasteiger partial charge < -0.3 is 19.2 Å². The molecule has 2 bridgehead atoms. The largest absolute Gasteiger partial charge is 0.477 e. The maximum absolute atomic E-state index is 13.6. The van der Waals surface area contributed by atoms with Crippen LogP contribution in [0.3, 0.4) is 0 Å². The third-order valence-corrected chi connectivity index (χ3v) is 8.74. The van der Waals surface area contributed by atoms with Crippen LogP contribution in [0.4, 0.5) is 4.39 Å². The van der Waals surface area contributed by atoms with Crippen molar-refractivity contribution in [2.24, 2.45) is 16.6 Å². The molecule has 0 aliphatic heterocycles. The molecule has 1 atom stereocenters. The van der Waals surface area contributed by atoms with Gasteiger partial charge in [0.2, 0.25) is 0 Å². The first-order valence-corrected chi connectivity index (χ1v) is 13.3. The SMILES string of the molecule is NC(c1ccc(F)c(Cl)c1)c1cc2nc(C(=O)O)cc(C(=O)NCC34CCC(C(=O)OI)(CC3)CC4)n2n1. The molecule has 0 saturated heterocycles. The number of amides is 1. The maximum atomic E-state index is 13.6. The number of aromatic carboxylic acids is 1. The third-order valence-electron chi connectivity index (χ3n) is 8.05. The van der Waals surface area contributed by atoms with Gasteiger partial charge >= 0.3 is 11.9 Å². The summed E-state index contributed by atoms with van der Waals surface area (Å²) in [6.07, 6.45) is 4.48. The predicted molar refractivity (Wildman–Crippen MR) is 142 cm³/mol. The number of fused-ring (bicyclic) bond motifs is 4. The summed E-state index contributed by atoms with van der Waals surface area (Å²) in [5.41, 5.74) is 6.35. The molecule has 0 spiro atoms. The first-order chi connectivity index (χ1) is 18.1. The van der Waals surface area contributed by atoms with E-state index >= 15 is 0 Å². The number of hydrogen-bond acceptors (Lipinski definition) is 7. The summed E-state index contributed by atoms with van der Waals surface area (Å²) in [6, 6.07) is 5.88. The van der Waals surface area contributed by atoms with Crippen LogP contribution in [-0.4, -0.2) is 44.1 Å². The Kier molecular flexibility index (Phi) is 7.07. The molecule has 2 aromatic heterocycles. The van der Waals surface area contributed by atoms with E-state index in [0.717, 1.165) is 19.3 Å². The Labute approximate surface area is 235 Å².